The van der Waals surface area contributed by atoms with Crippen molar-refractivity contribution in [3.05, 3.63) is 0 Å². The number of quaternary nitrogens is 1. The normalized spacial score (nSPS) is 11.2. The first-order valence-corrected chi connectivity index (χ1v) is 6.13. The molecule has 0 radical (unpaired) electrons. The fourth-order valence-corrected chi connectivity index (χ4v) is 1.45. The highest BCUT2D eigenvalue weighted by Gasteiger charge is 2.13. The Bertz CT molecular complexity index is 143. The van der Waals surface area contributed by atoms with Gasteiger partial charge in [-0.2, -0.15) is 0 Å². The standard InChI is InChI=1S/C12H28NO2.ClH/c1-4-5-6-7-8-11-15-12-13(2,3)9-10-14;/h14H,4-12H2,1-3H3;1H/q+1;/p-1. The van der Waals surface area contributed by atoms with Crippen molar-refractivity contribution in [2.24, 2.45) is 0 Å². The number of hydrogen-bond donors (Lipinski definition) is 1. The van der Waals surface area contributed by atoms with Crippen molar-refractivity contribution in [3.8, 4) is 0 Å². The SMILES string of the molecule is CCCCCCCOC[N+](C)(C)CCO.[Cl-]. The van der Waals surface area contributed by atoms with Gasteiger partial charge < -0.3 is 26.7 Å². The molecule has 0 fully saturated rings. The molecule has 0 aliphatic carbocycles. The highest BCUT2D eigenvalue weighted by atomic mass is 35.5. The number of hydrogen-bond acceptors (Lipinski definition) is 2. The molecule has 0 rings (SSSR count). The predicted molar refractivity (Wildman–Crippen MR) is 63.6 cm³/mol. The maximum absolute atomic E-state index is 8.83. The van der Waals surface area contributed by atoms with Crippen molar-refractivity contribution < 1.29 is 26.7 Å². The summed E-state index contributed by atoms with van der Waals surface area (Å²) in [5.74, 6) is 0. The molecule has 100 valence electrons. The fourth-order valence-electron chi connectivity index (χ4n) is 1.45. The minimum atomic E-state index is 0. The second kappa shape index (κ2) is 11.6. The molecule has 0 saturated carbocycles. The first-order valence-electron chi connectivity index (χ1n) is 6.13. The Morgan fingerprint density at radius 2 is 1.69 bits per heavy atom. The number of aliphatic hydroxyl groups is 1. The summed E-state index contributed by atoms with van der Waals surface area (Å²) in [4.78, 5) is 0. The number of halogens is 1. The molecular weight excluding hydrogens is 226 g/mol. The number of unbranched alkanes of at least 4 members (excludes halogenated alkanes) is 4. The zero-order chi connectivity index (χ0) is 11.6. The number of nitrogens with zero attached hydrogens (tertiary/aromatic N) is 1. The summed E-state index contributed by atoms with van der Waals surface area (Å²) in [6.07, 6.45) is 6.41. The van der Waals surface area contributed by atoms with Crippen LogP contribution in [0.4, 0.5) is 0 Å². The lowest BCUT2D eigenvalue weighted by atomic mass is 10.2. The number of rotatable bonds is 10. The predicted octanol–water partition coefficient (Wildman–Crippen LogP) is -0.996. The maximum atomic E-state index is 8.83. The molecule has 0 aromatic carbocycles. The van der Waals surface area contributed by atoms with E-state index in [1.807, 2.05) is 0 Å². The van der Waals surface area contributed by atoms with Crippen LogP contribution in [0.5, 0.6) is 0 Å². The van der Waals surface area contributed by atoms with Crippen LogP contribution in [-0.4, -0.2) is 50.2 Å². The lowest BCUT2D eigenvalue weighted by Gasteiger charge is -2.28. The summed E-state index contributed by atoms with van der Waals surface area (Å²) in [5, 5.41) is 8.83. The Morgan fingerprint density at radius 1 is 1.06 bits per heavy atom. The Morgan fingerprint density at radius 3 is 2.25 bits per heavy atom. The van der Waals surface area contributed by atoms with E-state index in [0.29, 0.717) is 6.73 Å². The van der Waals surface area contributed by atoms with Gasteiger partial charge in [-0.05, 0) is 6.42 Å². The summed E-state index contributed by atoms with van der Waals surface area (Å²) in [6.45, 7) is 4.78. The molecule has 0 aromatic heterocycles. The highest BCUT2D eigenvalue weighted by Crippen LogP contribution is 2.03. The Hall–Kier alpha value is 0.170. The molecule has 4 heteroatoms. The molecule has 16 heavy (non-hydrogen) atoms. The highest BCUT2D eigenvalue weighted by molar-refractivity contribution is 4.40. The Balaban J connectivity index is 0. The van der Waals surface area contributed by atoms with E-state index >= 15 is 0 Å². The smallest absolute Gasteiger partial charge is 0.182 e. The van der Waals surface area contributed by atoms with Crippen molar-refractivity contribution in [2.45, 2.75) is 39.0 Å². The summed E-state index contributed by atoms with van der Waals surface area (Å²) in [7, 11) is 4.15. The van der Waals surface area contributed by atoms with Crippen LogP contribution in [0, 0.1) is 0 Å². The van der Waals surface area contributed by atoms with Crippen molar-refractivity contribution in [2.75, 3.05) is 40.6 Å². The molecule has 0 spiro atoms. The van der Waals surface area contributed by atoms with E-state index in [4.69, 9.17) is 9.84 Å². The molecule has 0 saturated heterocycles. The van der Waals surface area contributed by atoms with Gasteiger partial charge in [-0.3, -0.25) is 0 Å². The fraction of sp³-hybridized carbons (Fsp3) is 1.00. The molecule has 3 nitrogen and oxygen atoms in total. The van der Waals surface area contributed by atoms with E-state index in [9.17, 15) is 0 Å². The first kappa shape index (κ1) is 18.5. The Kier molecular flexibility index (Phi) is 13.5. The van der Waals surface area contributed by atoms with Crippen molar-refractivity contribution in [1.29, 1.82) is 0 Å². The largest absolute Gasteiger partial charge is 1.00 e. The zero-order valence-corrected chi connectivity index (χ0v) is 11.8. The van der Waals surface area contributed by atoms with E-state index in [1.165, 1.54) is 32.1 Å². The van der Waals surface area contributed by atoms with Crippen LogP contribution >= 0.6 is 0 Å². The van der Waals surface area contributed by atoms with Crippen LogP contribution in [0.15, 0.2) is 0 Å². The summed E-state index contributed by atoms with van der Waals surface area (Å²) in [5.41, 5.74) is 0. The first-order chi connectivity index (χ1) is 7.12. The van der Waals surface area contributed by atoms with Crippen LogP contribution < -0.4 is 12.4 Å². The van der Waals surface area contributed by atoms with Gasteiger partial charge in [0, 0.05) is 0 Å². The molecule has 0 bridgehead atoms. The molecular formula is C12H28ClNO2. The van der Waals surface area contributed by atoms with Gasteiger partial charge in [0.05, 0.1) is 27.3 Å². The average Bonchev–Trinajstić information content (AvgIpc) is 2.16. The summed E-state index contributed by atoms with van der Waals surface area (Å²) < 4.78 is 6.33. The molecule has 0 atom stereocenters. The minimum Gasteiger partial charge on any atom is -1.00 e. The maximum Gasteiger partial charge on any atom is 0.182 e. The third-order valence-electron chi connectivity index (χ3n) is 2.54. The molecule has 0 aromatic rings. The van der Waals surface area contributed by atoms with Crippen LogP contribution in [0.2, 0.25) is 0 Å². The quantitative estimate of drug-likeness (QED) is 0.308. The third kappa shape index (κ3) is 12.2. The van der Waals surface area contributed by atoms with Crippen molar-refractivity contribution in [1.82, 2.24) is 0 Å². The zero-order valence-electron chi connectivity index (χ0n) is 11.0. The number of ether oxygens (including phenoxy) is 1. The van der Waals surface area contributed by atoms with E-state index in [0.717, 1.165) is 17.6 Å². The summed E-state index contributed by atoms with van der Waals surface area (Å²) in [6, 6.07) is 0. The van der Waals surface area contributed by atoms with Crippen LogP contribution in [0.1, 0.15) is 39.0 Å². The van der Waals surface area contributed by atoms with Gasteiger partial charge in [0.1, 0.15) is 6.54 Å². The average molecular weight is 254 g/mol. The summed E-state index contributed by atoms with van der Waals surface area (Å²) >= 11 is 0. The van der Waals surface area contributed by atoms with Gasteiger partial charge in [-0.25, -0.2) is 0 Å². The van der Waals surface area contributed by atoms with Crippen molar-refractivity contribution >= 4 is 0 Å². The van der Waals surface area contributed by atoms with Crippen molar-refractivity contribution in [3.63, 3.8) is 0 Å². The van der Waals surface area contributed by atoms with E-state index in [2.05, 4.69) is 21.0 Å². The third-order valence-corrected chi connectivity index (χ3v) is 2.54. The molecule has 0 aliphatic rings. The second-order valence-electron chi connectivity index (χ2n) is 4.83. The van der Waals surface area contributed by atoms with Gasteiger partial charge >= 0.3 is 0 Å². The molecule has 0 aliphatic heterocycles. The van der Waals surface area contributed by atoms with Crippen LogP contribution in [0.25, 0.3) is 0 Å². The number of aliphatic hydroxyl groups excluding tert-OH is 1. The lowest BCUT2D eigenvalue weighted by molar-refractivity contribution is -0.910. The van der Waals surface area contributed by atoms with Crippen LogP contribution in [0.3, 0.4) is 0 Å². The minimum absolute atomic E-state index is 0. The Labute approximate surface area is 107 Å². The van der Waals surface area contributed by atoms with Gasteiger partial charge in [0.2, 0.25) is 0 Å². The second-order valence-corrected chi connectivity index (χ2v) is 4.83. The van der Waals surface area contributed by atoms with Crippen LogP contribution in [-0.2, 0) is 4.74 Å². The number of likely N-dealkylation sites (N-methyl/N-ethyl adjacent to an activating group) is 1. The van der Waals surface area contributed by atoms with Gasteiger partial charge in [0.15, 0.2) is 6.73 Å². The molecule has 0 unspecified atom stereocenters. The topological polar surface area (TPSA) is 29.5 Å². The lowest BCUT2D eigenvalue weighted by Crippen LogP contribution is -3.00. The van der Waals surface area contributed by atoms with E-state index in [1.54, 1.807) is 0 Å². The molecule has 1 N–H and O–H groups in total. The molecule has 0 heterocycles. The van der Waals surface area contributed by atoms with E-state index < -0.39 is 0 Å². The van der Waals surface area contributed by atoms with Gasteiger partial charge in [0.25, 0.3) is 0 Å². The van der Waals surface area contributed by atoms with Gasteiger partial charge in [-0.15, -0.1) is 0 Å². The van der Waals surface area contributed by atoms with E-state index in [-0.39, 0.29) is 19.0 Å². The molecule has 0 amide bonds. The van der Waals surface area contributed by atoms with Gasteiger partial charge in [-0.1, -0.05) is 32.6 Å². The monoisotopic (exact) mass is 253 g/mol.